The smallest absolute Gasteiger partial charge is 0.322 e. The van der Waals surface area contributed by atoms with Gasteiger partial charge in [0.05, 0.1) is 25.9 Å². The molecule has 6 heteroatoms. The van der Waals surface area contributed by atoms with Crippen LogP contribution in [0.15, 0.2) is 22.7 Å². The summed E-state index contributed by atoms with van der Waals surface area (Å²) in [6.45, 7) is 4.19. The molecule has 0 aliphatic carbocycles. The molecule has 1 N–H and O–H groups in total. The van der Waals surface area contributed by atoms with Crippen molar-refractivity contribution in [3.05, 3.63) is 28.2 Å². The number of morpholine rings is 1. The molecule has 1 fully saturated rings. The van der Waals surface area contributed by atoms with Gasteiger partial charge in [0.25, 0.3) is 0 Å². The van der Waals surface area contributed by atoms with Crippen molar-refractivity contribution >= 4 is 27.6 Å². The standard InChI is InChI=1S/C14H19BrN2O3/c1-10-3-4-11(7-13(10)15)16-14(18)17-5-6-20-12(8-17)9-19-2/h3-4,7,12H,5-6,8-9H2,1-2H3,(H,16,18)/t12-/m0/s1. The lowest BCUT2D eigenvalue weighted by Gasteiger charge is -2.32. The molecular formula is C14H19BrN2O3. The molecule has 2 amide bonds. The first-order valence-electron chi connectivity index (χ1n) is 6.52. The number of methoxy groups -OCH3 is 1. The highest BCUT2D eigenvalue weighted by atomic mass is 79.9. The number of carbonyl (C=O) groups is 1. The second kappa shape index (κ2) is 7.06. The second-order valence-corrected chi connectivity index (χ2v) is 5.64. The molecule has 0 aromatic heterocycles. The lowest BCUT2D eigenvalue weighted by molar-refractivity contribution is -0.0481. The Balaban J connectivity index is 1.95. The maximum atomic E-state index is 12.2. The Morgan fingerprint density at radius 1 is 1.60 bits per heavy atom. The monoisotopic (exact) mass is 342 g/mol. The molecule has 1 aromatic rings. The molecule has 5 nitrogen and oxygen atoms in total. The fraction of sp³-hybridized carbons (Fsp3) is 0.500. The van der Waals surface area contributed by atoms with Gasteiger partial charge in [0.15, 0.2) is 0 Å². The number of ether oxygens (including phenoxy) is 2. The van der Waals surface area contributed by atoms with Crippen LogP contribution in [0.4, 0.5) is 10.5 Å². The maximum absolute atomic E-state index is 12.2. The highest BCUT2D eigenvalue weighted by Gasteiger charge is 2.24. The van der Waals surface area contributed by atoms with E-state index in [2.05, 4.69) is 21.2 Å². The Morgan fingerprint density at radius 3 is 3.10 bits per heavy atom. The fourth-order valence-electron chi connectivity index (χ4n) is 2.06. The van der Waals surface area contributed by atoms with Crippen LogP contribution in [0, 0.1) is 6.92 Å². The zero-order valence-electron chi connectivity index (χ0n) is 11.7. The fourth-order valence-corrected chi connectivity index (χ4v) is 2.44. The Morgan fingerprint density at radius 2 is 2.40 bits per heavy atom. The Labute approximate surface area is 127 Å². The quantitative estimate of drug-likeness (QED) is 0.918. The lowest BCUT2D eigenvalue weighted by atomic mass is 10.2. The molecule has 20 heavy (non-hydrogen) atoms. The van der Waals surface area contributed by atoms with E-state index in [1.54, 1.807) is 12.0 Å². The van der Waals surface area contributed by atoms with E-state index < -0.39 is 0 Å². The van der Waals surface area contributed by atoms with Crippen molar-refractivity contribution in [3.63, 3.8) is 0 Å². The number of nitrogens with zero attached hydrogens (tertiary/aromatic N) is 1. The highest BCUT2D eigenvalue weighted by Crippen LogP contribution is 2.21. The first-order valence-corrected chi connectivity index (χ1v) is 7.32. The summed E-state index contributed by atoms with van der Waals surface area (Å²) < 4.78 is 11.6. The minimum absolute atomic E-state index is 0.0516. The summed E-state index contributed by atoms with van der Waals surface area (Å²) in [7, 11) is 1.63. The molecule has 1 saturated heterocycles. The van der Waals surface area contributed by atoms with Crippen molar-refractivity contribution in [1.82, 2.24) is 4.90 Å². The van der Waals surface area contributed by atoms with Gasteiger partial charge in [-0.15, -0.1) is 0 Å². The van der Waals surface area contributed by atoms with Gasteiger partial charge in [-0.3, -0.25) is 0 Å². The summed E-state index contributed by atoms with van der Waals surface area (Å²) in [5, 5.41) is 2.90. The van der Waals surface area contributed by atoms with Crippen LogP contribution < -0.4 is 5.32 Å². The van der Waals surface area contributed by atoms with E-state index in [4.69, 9.17) is 9.47 Å². The number of nitrogens with one attached hydrogen (secondary N) is 1. The van der Waals surface area contributed by atoms with Crippen molar-refractivity contribution in [3.8, 4) is 0 Å². The average Bonchev–Trinajstić information content (AvgIpc) is 2.43. The van der Waals surface area contributed by atoms with Gasteiger partial charge in [-0.05, 0) is 24.6 Å². The van der Waals surface area contributed by atoms with Gasteiger partial charge < -0.3 is 19.7 Å². The number of aryl methyl sites for hydroxylation is 1. The molecule has 0 bridgehead atoms. The summed E-state index contributed by atoms with van der Waals surface area (Å²) in [6.07, 6.45) is -0.0516. The molecule has 2 rings (SSSR count). The summed E-state index contributed by atoms with van der Waals surface area (Å²) in [5.74, 6) is 0. The Kier molecular flexibility index (Phi) is 5.39. The van der Waals surface area contributed by atoms with Gasteiger partial charge in [-0.1, -0.05) is 22.0 Å². The molecule has 1 atom stereocenters. The number of hydrogen-bond donors (Lipinski definition) is 1. The molecule has 1 heterocycles. The largest absolute Gasteiger partial charge is 0.382 e. The molecule has 110 valence electrons. The molecule has 0 unspecified atom stereocenters. The van der Waals surface area contributed by atoms with E-state index >= 15 is 0 Å². The van der Waals surface area contributed by atoms with Crippen molar-refractivity contribution < 1.29 is 14.3 Å². The number of hydrogen-bond acceptors (Lipinski definition) is 3. The van der Waals surface area contributed by atoms with Gasteiger partial charge in [0.2, 0.25) is 0 Å². The number of benzene rings is 1. The third-order valence-corrected chi connectivity index (χ3v) is 4.06. The highest BCUT2D eigenvalue weighted by molar-refractivity contribution is 9.10. The van der Waals surface area contributed by atoms with Gasteiger partial charge in [0, 0.05) is 23.8 Å². The minimum atomic E-state index is -0.106. The third-order valence-electron chi connectivity index (χ3n) is 3.20. The van der Waals surface area contributed by atoms with E-state index in [1.165, 1.54) is 0 Å². The van der Waals surface area contributed by atoms with Crippen LogP contribution in [-0.4, -0.2) is 50.4 Å². The predicted octanol–water partition coefficient (Wildman–Crippen LogP) is 2.64. The molecule has 1 aromatic carbocycles. The van der Waals surface area contributed by atoms with E-state index in [1.807, 2.05) is 25.1 Å². The van der Waals surface area contributed by atoms with Crippen LogP contribution in [0.25, 0.3) is 0 Å². The van der Waals surface area contributed by atoms with Crippen LogP contribution in [0.3, 0.4) is 0 Å². The van der Waals surface area contributed by atoms with E-state index in [0.29, 0.717) is 26.3 Å². The number of amides is 2. The summed E-state index contributed by atoms with van der Waals surface area (Å²) in [6, 6.07) is 5.66. The molecular weight excluding hydrogens is 324 g/mol. The maximum Gasteiger partial charge on any atom is 0.322 e. The van der Waals surface area contributed by atoms with E-state index in [9.17, 15) is 4.79 Å². The van der Waals surface area contributed by atoms with Crippen LogP contribution in [-0.2, 0) is 9.47 Å². The van der Waals surface area contributed by atoms with Crippen molar-refractivity contribution in [2.45, 2.75) is 13.0 Å². The first-order chi connectivity index (χ1) is 9.60. The molecule has 1 aliphatic rings. The summed E-state index contributed by atoms with van der Waals surface area (Å²) >= 11 is 3.46. The lowest BCUT2D eigenvalue weighted by Crippen LogP contribution is -2.48. The van der Waals surface area contributed by atoms with Crippen LogP contribution in [0.2, 0.25) is 0 Å². The Bertz CT molecular complexity index is 479. The van der Waals surface area contributed by atoms with Crippen LogP contribution >= 0.6 is 15.9 Å². The molecule has 0 saturated carbocycles. The van der Waals surface area contributed by atoms with Crippen molar-refractivity contribution in [2.24, 2.45) is 0 Å². The van der Waals surface area contributed by atoms with Gasteiger partial charge in [0.1, 0.15) is 0 Å². The SMILES string of the molecule is COC[C@@H]1CN(C(=O)Nc2ccc(C)c(Br)c2)CCO1. The third kappa shape index (κ3) is 3.94. The number of anilines is 1. The average molecular weight is 343 g/mol. The summed E-state index contributed by atoms with van der Waals surface area (Å²) in [5.41, 5.74) is 1.91. The zero-order chi connectivity index (χ0) is 14.5. The Hall–Kier alpha value is -1.11. The zero-order valence-corrected chi connectivity index (χ0v) is 13.3. The van der Waals surface area contributed by atoms with Gasteiger partial charge >= 0.3 is 6.03 Å². The van der Waals surface area contributed by atoms with Gasteiger partial charge in [-0.25, -0.2) is 4.79 Å². The predicted molar refractivity (Wildman–Crippen MR) is 81.1 cm³/mol. The topological polar surface area (TPSA) is 50.8 Å². The number of carbonyl (C=O) groups excluding carboxylic acids is 1. The normalized spacial score (nSPS) is 18.9. The summed E-state index contributed by atoms with van der Waals surface area (Å²) in [4.78, 5) is 14.0. The number of halogens is 1. The van der Waals surface area contributed by atoms with E-state index in [0.717, 1.165) is 15.7 Å². The first kappa shape index (κ1) is 15.3. The van der Waals surface area contributed by atoms with Crippen LogP contribution in [0.5, 0.6) is 0 Å². The van der Waals surface area contributed by atoms with Crippen molar-refractivity contribution in [2.75, 3.05) is 38.7 Å². The van der Waals surface area contributed by atoms with Crippen molar-refractivity contribution in [1.29, 1.82) is 0 Å². The van der Waals surface area contributed by atoms with Crippen LogP contribution in [0.1, 0.15) is 5.56 Å². The number of rotatable bonds is 3. The second-order valence-electron chi connectivity index (χ2n) is 4.79. The molecule has 0 radical (unpaired) electrons. The van der Waals surface area contributed by atoms with Gasteiger partial charge in [-0.2, -0.15) is 0 Å². The minimum Gasteiger partial charge on any atom is -0.382 e. The van der Waals surface area contributed by atoms with E-state index in [-0.39, 0.29) is 12.1 Å². The molecule has 1 aliphatic heterocycles. The number of urea groups is 1. The molecule has 0 spiro atoms.